The van der Waals surface area contributed by atoms with Crippen LogP contribution >= 0.6 is 0 Å². The van der Waals surface area contributed by atoms with Crippen LogP contribution in [-0.4, -0.2) is 68.0 Å². The first-order chi connectivity index (χ1) is 14.5. The summed E-state index contributed by atoms with van der Waals surface area (Å²) in [5.74, 6) is 0.495. The summed E-state index contributed by atoms with van der Waals surface area (Å²) in [7, 11) is 5.81. The predicted molar refractivity (Wildman–Crippen MR) is 113 cm³/mol. The lowest BCUT2D eigenvalue weighted by atomic mass is 10.2. The summed E-state index contributed by atoms with van der Waals surface area (Å²) in [5.41, 5.74) is 2.48. The number of aryl methyl sites for hydroxylation is 1. The molecule has 1 aliphatic rings. The molecule has 1 fully saturated rings. The predicted octanol–water partition coefficient (Wildman–Crippen LogP) is 1.66. The average Bonchev–Trinajstić information content (AvgIpc) is 3.42. The van der Waals surface area contributed by atoms with E-state index in [1.54, 1.807) is 27.7 Å². The second kappa shape index (κ2) is 8.66. The van der Waals surface area contributed by atoms with Crippen LogP contribution in [0.5, 0.6) is 5.88 Å². The molecule has 0 spiro atoms. The van der Waals surface area contributed by atoms with E-state index in [4.69, 9.17) is 9.72 Å². The number of nitrogens with one attached hydrogen (secondary N) is 1. The summed E-state index contributed by atoms with van der Waals surface area (Å²) in [6.45, 7) is 0.740. The highest BCUT2D eigenvalue weighted by Crippen LogP contribution is 2.28. The molecule has 1 N–H and O–H groups in total. The second-order valence-corrected chi connectivity index (χ2v) is 7.92. The molecule has 9 nitrogen and oxygen atoms in total. The number of nitrogens with zero attached hydrogens (tertiary/aromatic N) is 6. The number of likely N-dealkylation sites (N-methyl/N-ethyl adjacent to an activating group) is 1. The molecular weight excluding hydrogens is 382 g/mol. The van der Waals surface area contributed by atoms with Crippen LogP contribution in [-0.2, 0) is 11.8 Å². The summed E-state index contributed by atoms with van der Waals surface area (Å²) in [4.78, 5) is 18.8. The average molecular weight is 409 g/mol. The highest BCUT2D eigenvalue weighted by molar-refractivity contribution is 5.87. The Hall–Kier alpha value is -3.20. The highest BCUT2D eigenvalue weighted by atomic mass is 16.5. The van der Waals surface area contributed by atoms with Crippen molar-refractivity contribution in [1.82, 2.24) is 34.6 Å². The van der Waals surface area contributed by atoms with E-state index in [2.05, 4.69) is 15.5 Å². The van der Waals surface area contributed by atoms with E-state index in [1.807, 2.05) is 50.6 Å². The number of hydrogen-bond acceptors (Lipinski definition) is 6. The van der Waals surface area contributed by atoms with Crippen molar-refractivity contribution in [3.05, 3.63) is 43.0 Å². The van der Waals surface area contributed by atoms with Crippen LogP contribution in [0.15, 0.2) is 43.0 Å². The fourth-order valence-electron chi connectivity index (χ4n) is 3.63. The van der Waals surface area contributed by atoms with Gasteiger partial charge >= 0.3 is 0 Å². The van der Waals surface area contributed by atoms with Crippen LogP contribution in [0, 0.1) is 0 Å². The first-order valence-corrected chi connectivity index (χ1v) is 10.1. The van der Waals surface area contributed by atoms with Gasteiger partial charge in [-0.1, -0.05) is 6.08 Å². The van der Waals surface area contributed by atoms with Crippen LogP contribution in [0.25, 0.3) is 16.8 Å². The molecule has 0 aliphatic heterocycles. The normalized spacial score (nSPS) is 19.2. The Morgan fingerprint density at radius 3 is 2.97 bits per heavy atom. The molecule has 158 valence electrons. The number of carbonyl (C=O) groups is 1. The lowest BCUT2D eigenvalue weighted by Gasteiger charge is -2.15. The van der Waals surface area contributed by atoms with Gasteiger partial charge in [-0.05, 0) is 33.0 Å². The molecular formula is C21H27N7O2. The Balaban J connectivity index is 1.43. The van der Waals surface area contributed by atoms with E-state index in [0.717, 1.165) is 42.6 Å². The van der Waals surface area contributed by atoms with E-state index in [0.29, 0.717) is 5.88 Å². The van der Waals surface area contributed by atoms with Gasteiger partial charge in [-0.15, -0.1) is 0 Å². The fourth-order valence-corrected chi connectivity index (χ4v) is 3.63. The van der Waals surface area contributed by atoms with E-state index in [1.165, 1.54) is 0 Å². The Morgan fingerprint density at radius 1 is 1.33 bits per heavy atom. The Kier molecular flexibility index (Phi) is 5.80. The van der Waals surface area contributed by atoms with Crippen LogP contribution in [0.4, 0.5) is 0 Å². The van der Waals surface area contributed by atoms with Gasteiger partial charge in [0.2, 0.25) is 11.8 Å². The molecule has 0 aromatic carbocycles. The van der Waals surface area contributed by atoms with Gasteiger partial charge in [-0.3, -0.25) is 9.48 Å². The third kappa shape index (κ3) is 4.68. The molecule has 0 saturated heterocycles. The molecule has 2 atom stereocenters. The Labute approximate surface area is 175 Å². The zero-order valence-corrected chi connectivity index (χ0v) is 17.5. The van der Waals surface area contributed by atoms with Crippen molar-refractivity contribution in [1.29, 1.82) is 0 Å². The van der Waals surface area contributed by atoms with E-state index in [9.17, 15) is 4.79 Å². The maximum atomic E-state index is 12.1. The molecule has 3 aromatic heterocycles. The number of ether oxygens (including phenoxy) is 1. The summed E-state index contributed by atoms with van der Waals surface area (Å²) >= 11 is 0. The standard InChI is InChI=1S/C21H27N7O2/c1-26(2)10-4-5-20(29)24-16-6-7-17(11-16)30-21-19-8-9-22-28(19)14-18(25-21)15-12-23-27(3)13-15/h4-5,8-9,12-14,16-17H,6-7,10-11H2,1-3H3,(H,24,29)/t16-,17+/m0/s1. The minimum absolute atomic E-state index is 0.00333. The molecule has 0 radical (unpaired) electrons. The molecule has 3 heterocycles. The van der Waals surface area contributed by atoms with Crippen LogP contribution < -0.4 is 10.1 Å². The fraction of sp³-hybridized carbons (Fsp3) is 0.429. The number of carbonyl (C=O) groups excluding carboxylic acids is 1. The molecule has 1 amide bonds. The van der Waals surface area contributed by atoms with E-state index < -0.39 is 0 Å². The number of rotatable bonds is 7. The van der Waals surface area contributed by atoms with Crippen molar-refractivity contribution in [2.45, 2.75) is 31.4 Å². The number of aromatic nitrogens is 5. The van der Waals surface area contributed by atoms with Gasteiger partial charge in [0, 0.05) is 43.9 Å². The summed E-state index contributed by atoms with van der Waals surface area (Å²) in [6, 6.07) is 1.99. The molecule has 4 rings (SSSR count). The zero-order valence-electron chi connectivity index (χ0n) is 17.5. The summed E-state index contributed by atoms with van der Waals surface area (Å²) in [6.07, 6.45) is 13.3. The SMILES string of the molecule is CN(C)CC=CC(=O)N[C@H]1CC[C@@H](Oc2nc(-c3cnn(C)c3)cn3nccc23)C1. The van der Waals surface area contributed by atoms with Crippen molar-refractivity contribution in [3.8, 4) is 17.1 Å². The first kappa shape index (κ1) is 20.1. The highest BCUT2D eigenvalue weighted by Gasteiger charge is 2.28. The second-order valence-electron chi connectivity index (χ2n) is 7.92. The molecule has 1 saturated carbocycles. The number of hydrogen-bond donors (Lipinski definition) is 1. The van der Waals surface area contributed by atoms with Crippen molar-refractivity contribution < 1.29 is 9.53 Å². The molecule has 30 heavy (non-hydrogen) atoms. The molecule has 3 aromatic rings. The molecule has 1 aliphatic carbocycles. The van der Waals surface area contributed by atoms with Gasteiger partial charge in [-0.25, -0.2) is 9.50 Å². The van der Waals surface area contributed by atoms with Crippen LogP contribution in [0.1, 0.15) is 19.3 Å². The lowest BCUT2D eigenvalue weighted by Crippen LogP contribution is -2.32. The number of amides is 1. The third-order valence-corrected chi connectivity index (χ3v) is 5.11. The van der Waals surface area contributed by atoms with Gasteiger partial charge in [0.15, 0.2) is 0 Å². The summed E-state index contributed by atoms with van der Waals surface area (Å²) < 4.78 is 9.78. The molecule has 0 unspecified atom stereocenters. The van der Waals surface area contributed by atoms with Gasteiger partial charge in [0.25, 0.3) is 0 Å². The Morgan fingerprint density at radius 2 is 2.20 bits per heavy atom. The van der Waals surface area contributed by atoms with Crippen molar-refractivity contribution in [3.63, 3.8) is 0 Å². The van der Waals surface area contributed by atoms with Crippen molar-refractivity contribution >= 4 is 11.4 Å². The third-order valence-electron chi connectivity index (χ3n) is 5.11. The maximum absolute atomic E-state index is 12.1. The minimum atomic E-state index is -0.0580. The van der Waals surface area contributed by atoms with Gasteiger partial charge in [-0.2, -0.15) is 10.2 Å². The lowest BCUT2D eigenvalue weighted by molar-refractivity contribution is -0.117. The first-order valence-electron chi connectivity index (χ1n) is 10.1. The minimum Gasteiger partial charge on any atom is -0.473 e. The maximum Gasteiger partial charge on any atom is 0.243 e. The zero-order chi connectivity index (χ0) is 21.1. The van der Waals surface area contributed by atoms with E-state index >= 15 is 0 Å². The monoisotopic (exact) mass is 409 g/mol. The van der Waals surface area contributed by atoms with Gasteiger partial charge in [0.1, 0.15) is 11.6 Å². The smallest absolute Gasteiger partial charge is 0.243 e. The van der Waals surface area contributed by atoms with E-state index in [-0.39, 0.29) is 18.1 Å². The topological polar surface area (TPSA) is 89.6 Å². The van der Waals surface area contributed by atoms with Crippen LogP contribution in [0.3, 0.4) is 0 Å². The van der Waals surface area contributed by atoms with Crippen molar-refractivity contribution in [2.24, 2.45) is 7.05 Å². The van der Waals surface area contributed by atoms with Crippen molar-refractivity contribution in [2.75, 3.05) is 20.6 Å². The summed E-state index contributed by atoms with van der Waals surface area (Å²) in [5, 5.41) is 11.6. The number of fused-ring (bicyclic) bond motifs is 1. The quantitative estimate of drug-likeness (QED) is 0.597. The van der Waals surface area contributed by atoms with Crippen LogP contribution in [0.2, 0.25) is 0 Å². The molecule has 0 bridgehead atoms. The van der Waals surface area contributed by atoms with Gasteiger partial charge in [0.05, 0.1) is 24.3 Å². The largest absolute Gasteiger partial charge is 0.473 e. The Bertz CT molecular complexity index is 1050. The molecule has 9 heteroatoms. The van der Waals surface area contributed by atoms with Gasteiger partial charge < -0.3 is 15.0 Å².